The summed E-state index contributed by atoms with van der Waals surface area (Å²) in [6.45, 7) is 8.35. The van der Waals surface area contributed by atoms with Crippen LogP contribution >= 0.6 is 0 Å². The highest BCUT2D eigenvalue weighted by atomic mass is 32.2. The molecule has 1 saturated heterocycles. The number of carbonyl (C=O) groups excluding carboxylic acids is 1. The van der Waals surface area contributed by atoms with Crippen molar-refractivity contribution in [2.45, 2.75) is 51.0 Å². The predicted molar refractivity (Wildman–Crippen MR) is 68.5 cm³/mol. The van der Waals surface area contributed by atoms with Gasteiger partial charge in [0.25, 0.3) is 0 Å². The lowest BCUT2D eigenvalue weighted by Gasteiger charge is -2.33. The molecule has 5 heteroatoms. The molecule has 0 spiro atoms. The van der Waals surface area contributed by atoms with Gasteiger partial charge in [0, 0.05) is 19.0 Å². The van der Waals surface area contributed by atoms with Gasteiger partial charge in [0.2, 0.25) is 5.91 Å². The van der Waals surface area contributed by atoms with Crippen LogP contribution in [0.5, 0.6) is 0 Å². The van der Waals surface area contributed by atoms with Crippen LogP contribution in [0.2, 0.25) is 0 Å². The topological polar surface area (TPSA) is 54.5 Å². The third kappa shape index (κ3) is 3.21. The summed E-state index contributed by atoms with van der Waals surface area (Å²) in [5.74, 6) is 0.124. The number of hydrogen-bond donors (Lipinski definition) is 0. The second-order valence-corrected chi connectivity index (χ2v) is 8.10. The summed E-state index contributed by atoms with van der Waals surface area (Å²) in [5, 5.41) is -0.585. The quantitative estimate of drug-likeness (QED) is 0.773. The van der Waals surface area contributed by atoms with Gasteiger partial charge in [-0.3, -0.25) is 4.79 Å². The smallest absolute Gasteiger partial charge is 0.225 e. The molecule has 0 bridgehead atoms. The Morgan fingerprint density at radius 3 is 1.94 bits per heavy atom. The highest BCUT2D eigenvalue weighted by Crippen LogP contribution is 2.22. The first-order valence-corrected chi connectivity index (χ1v) is 7.89. The average molecular weight is 261 g/mol. The number of nitrogens with zero attached hydrogens (tertiary/aromatic N) is 1. The second kappa shape index (κ2) is 5.38. The van der Waals surface area contributed by atoms with Gasteiger partial charge in [0.05, 0.1) is 10.5 Å². The summed E-state index contributed by atoms with van der Waals surface area (Å²) in [7, 11) is -3.01. The van der Waals surface area contributed by atoms with Gasteiger partial charge in [-0.05, 0) is 26.7 Å². The molecule has 0 aromatic heterocycles. The lowest BCUT2D eigenvalue weighted by molar-refractivity contribution is -0.135. The van der Waals surface area contributed by atoms with E-state index in [1.807, 2.05) is 13.8 Å². The van der Waals surface area contributed by atoms with E-state index >= 15 is 0 Å². The van der Waals surface area contributed by atoms with Crippen molar-refractivity contribution in [1.82, 2.24) is 4.90 Å². The van der Waals surface area contributed by atoms with Gasteiger partial charge in [-0.15, -0.1) is 0 Å². The molecule has 100 valence electrons. The number of hydrogen-bond acceptors (Lipinski definition) is 3. The van der Waals surface area contributed by atoms with Crippen LogP contribution in [0.15, 0.2) is 0 Å². The minimum absolute atomic E-state index is 0.00624. The standard InChI is InChI=1S/C12H23NO3S/c1-9(2)12(14)13-7-5-11(6-8-13)17(15,16)10(3)4/h9-11H,5-8H2,1-4H3. The predicted octanol–water partition coefficient (Wildman–Crippen LogP) is 1.46. The van der Waals surface area contributed by atoms with Gasteiger partial charge >= 0.3 is 0 Å². The Morgan fingerprint density at radius 2 is 1.59 bits per heavy atom. The minimum Gasteiger partial charge on any atom is -0.342 e. The molecular weight excluding hydrogens is 238 g/mol. The average Bonchev–Trinajstić information content (AvgIpc) is 2.27. The molecule has 17 heavy (non-hydrogen) atoms. The lowest BCUT2D eigenvalue weighted by atomic mass is 10.1. The van der Waals surface area contributed by atoms with Crippen LogP contribution < -0.4 is 0 Å². The molecule has 0 unspecified atom stereocenters. The lowest BCUT2D eigenvalue weighted by Crippen LogP contribution is -2.45. The van der Waals surface area contributed by atoms with Crippen molar-refractivity contribution in [3.63, 3.8) is 0 Å². The molecule has 0 N–H and O–H groups in total. The van der Waals surface area contributed by atoms with E-state index in [9.17, 15) is 13.2 Å². The summed E-state index contributed by atoms with van der Waals surface area (Å²) >= 11 is 0. The number of piperidine rings is 1. The van der Waals surface area contributed by atoms with Crippen molar-refractivity contribution < 1.29 is 13.2 Å². The van der Waals surface area contributed by atoms with Crippen LogP contribution in [0.25, 0.3) is 0 Å². The van der Waals surface area contributed by atoms with E-state index in [0.717, 1.165) is 0 Å². The molecule has 1 rings (SSSR count). The number of rotatable bonds is 3. The zero-order chi connectivity index (χ0) is 13.2. The third-order valence-electron chi connectivity index (χ3n) is 3.37. The molecule has 0 atom stereocenters. The number of amides is 1. The Morgan fingerprint density at radius 1 is 1.12 bits per heavy atom. The molecule has 1 heterocycles. The molecule has 0 saturated carbocycles. The maximum Gasteiger partial charge on any atom is 0.225 e. The van der Waals surface area contributed by atoms with Crippen LogP contribution in [0, 0.1) is 5.92 Å². The number of sulfone groups is 1. The van der Waals surface area contributed by atoms with Gasteiger partial charge < -0.3 is 4.90 Å². The number of carbonyl (C=O) groups is 1. The van der Waals surface area contributed by atoms with E-state index < -0.39 is 9.84 Å². The maximum atomic E-state index is 12.0. The zero-order valence-corrected chi connectivity index (χ0v) is 12.0. The van der Waals surface area contributed by atoms with Crippen LogP contribution in [0.1, 0.15) is 40.5 Å². The van der Waals surface area contributed by atoms with Gasteiger partial charge in [-0.25, -0.2) is 8.42 Å². The molecule has 0 aliphatic carbocycles. The fraction of sp³-hybridized carbons (Fsp3) is 0.917. The van der Waals surface area contributed by atoms with E-state index in [2.05, 4.69) is 0 Å². The van der Waals surface area contributed by atoms with Gasteiger partial charge in [0.15, 0.2) is 9.84 Å². The summed E-state index contributed by atoms with van der Waals surface area (Å²) in [6, 6.07) is 0. The normalized spacial score (nSPS) is 19.1. The zero-order valence-electron chi connectivity index (χ0n) is 11.1. The Balaban J connectivity index is 2.61. The molecule has 4 nitrogen and oxygen atoms in total. The summed E-state index contributed by atoms with van der Waals surface area (Å²) in [5.41, 5.74) is 0. The van der Waals surface area contributed by atoms with Crippen LogP contribution in [-0.2, 0) is 14.6 Å². The molecule has 0 aromatic carbocycles. The van der Waals surface area contributed by atoms with E-state index in [1.165, 1.54) is 0 Å². The first-order valence-electron chi connectivity index (χ1n) is 6.28. The molecule has 1 aliphatic rings. The van der Waals surface area contributed by atoms with Gasteiger partial charge in [-0.1, -0.05) is 13.8 Å². The Hall–Kier alpha value is -0.580. The minimum atomic E-state index is -3.01. The first kappa shape index (κ1) is 14.5. The van der Waals surface area contributed by atoms with Crippen molar-refractivity contribution in [3.8, 4) is 0 Å². The van der Waals surface area contributed by atoms with E-state index in [0.29, 0.717) is 25.9 Å². The Labute approximate surface area is 104 Å². The molecule has 1 amide bonds. The van der Waals surface area contributed by atoms with Crippen LogP contribution in [0.3, 0.4) is 0 Å². The molecular formula is C12H23NO3S. The van der Waals surface area contributed by atoms with Crippen LogP contribution in [0.4, 0.5) is 0 Å². The summed E-state index contributed by atoms with van der Waals surface area (Å²) < 4.78 is 24.0. The first-order chi connectivity index (χ1) is 7.76. The molecule has 1 fully saturated rings. The Kier molecular flexibility index (Phi) is 4.58. The highest BCUT2D eigenvalue weighted by Gasteiger charge is 2.33. The fourth-order valence-corrected chi connectivity index (χ4v) is 3.79. The van der Waals surface area contributed by atoms with Gasteiger partial charge in [0.1, 0.15) is 0 Å². The monoisotopic (exact) mass is 261 g/mol. The number of likely N-dealkylation sites (tertiary alicyclic amines) is 1. The van der Waals surface area contributed by atoms with Crippen molar-refractivity contribution in [2.75, 3.05) is 13.1 Å². The summed E-state index contributed by atoms with van der Waals surface area (Å²) in [4.78, 5) is 13.6. The molecule has 0 aromatic rings. The van der Waals surface area contributed by atoms with E-state index in [1.54, 1.807) is 18.7 Å². The highest BCUT2D eigenvalue weighted by molar-refractivity contribution is 7.92. The van der Waals surface area contributed by atoms with E-state index in [-0.39, 0.29) is 22.3 Å². The van der Waals surface area contributed by atoms with Crippen molar-refractivity contribution >= 4 is 15.7 Å². The van der Waals surface area contributed by atoms with Crippen molar-refractivity contribution in [2.24, 2.45) is 5.92 Å². The van der Waals surface area contributed by atoms with Crippen molar-refractivity contribution in [1.29, 1.82) is 0 Å². The van der Waals surface area contributed by atoms with Crippen LogP contribution in [-0.4, -0.2) is 42.8 Å². The molecule has 1 aliphatic heterocycles. The fourth-order valence-electron chi connectivity index (χ4n) is 2.15. The molecule has 0 radical (unpaired) electrons. The third-order valence-corrected chi connectivity index (χ3v) is 6.08. The largest absolute Gasteiger partial charge is 0.342 e. The second-order valence-electron chi connectivity index (χ2n) is 5.32. The van der Waals surface area contributed by atoms with Gasteiger partial charge in [-0.2, -0.15) is 0 Å². The van der Waals surface area contributed by atoms with E-state index in [4.69, 9.17) is 0 Å². The maximum absolute atomic E-state index is 12.0. The SMILES string of the molecule is CC(C)C(=O)N1CCC(S(=O)(=O)C(C)C)CC1. The van der Waals surface area contributed by atoms with Crippen molar-refractivity contribution in [3.05, 3.63) is 0 Å². The Bertz CT molecular complexity index is 365. The summed E-state index contributed by atoms with van der Waals surface area (Å²) in [6.07, 6.45) is 1.16.